The Kier molecular flexibility index (Phi) is 5.49. The molecular weight excluding hydrogens is 216 g/mol. The molecule has 1 heterocycles. The summed E-state index contributed by atoms with van der Waals surface area (Å²) in [4.78, 5) is 10.4. The zero-order chi connectivity index (χ0) is 11.8. The molecule has 0 saturated carbocycles. The topological polar surface area (TPSA) is 27.7 Å². The van der Waals surface area contributed by atoms with Gasteiger partial charge >= 0.3 is 0 Å². The number of aryl methyl sites for hydroxylation is 1. The second-order valence-corrected chi connectivity index (χ2v) is 4.30. The first kappa shape index (κ1) is 12.6. The van der Waals surface area contributed by atoms with Gasteiger partial charge in [0, 0.05) is 13.0 Å². The maximum absolute atomic E-state index is 5.40. The van der Waals surface area contributed by atoms with Crippen LogP contribution in [0.5, 0.6) is 0 Å². The first-order chi connectivity index (χ1) is 8.45. The van der Waals surface area contributed by atoms with Crippen LogP contribution in [0.4, 0.5) is 0 Å². The summed E-state index contributed by atoms with van der Waals surface area (Å²) in [6, 6.07) is 10.4. The predicted molar refractivity (Wildman–Crippen MR) is 65.4 cm³/mol. The van der Waals surface area contributed by atoms with Crippen LogP contribution in [-0.2, 0) is 20.9 Å². The number of hydrogen-bond donors (Lipinski definition) is 0. The fourth-order valence-electron chi connectivity index (χ4n) is 1.89. The summed E-state index contributed by atoms with van der Waals surface area (Å²) >= 11 is 0. The van der Waals surface area contributed by atoms with Crippen LogP contribution in [0.15, 0.2) is 30.3 Å². The molecule has 0 bridgehead atoms. The highest BCUT2D eigenvalue weighted by molar-refractivity contribution is 5.14. The summed E-state index contributed by atoms with van der Waals surface area (Å²) in [6.45, 7) is 1.41. The van der Waals surface area contributed by atoms with Crippen molar-refractivity contribution in [3.05, 3.63) is 35.9 Å². The molecule has 1 aliphatic heterocycles. The van der Waals surface area contributed by atoms with E-state index in [1.54, 1.807) is 0 Å². The zero-order valence-electron chi connectivity index (χ0n) is 10.1. The minimum atomic E-state index is -0.152. The van der Waals surface area contributed by atoms with Crippen LogP contribution in [0.25, 0.3) is 0 Å². The molecule has 0 spiro atoms. The Morgan fingerprint density at radius 3 is 2.82 bits per heavy atom. The maximum atomic E-state index is 5.40. The highest BCUT2D eigenvalue weighted by Gasteiger charge is 2.14. The molecule has 1 unspecified atom stereocenters. The van der Waals surface area contributed by atoms with Gasteiger partial charge in [-0.05, 0) is 31.2 Å². The number of hydrogen-bond acceptors (Lipinski definition) is 3. The average molecular weight is 236 g/mol. The number of benzene rings is 1. The lowest BCUT2D eigenvalue weighted by Crippen LogP contribution is -2.22. The van der Waals surface area contributed by atoms with Gasteiger partial charge in [0.15, 0.2) is 6.29 Å². The fourth-order valence-corrected chi connectivity index (χ4v) is 1.89. The summed E-state index contributed by atoms with van der Waals surface area (Å²) in [7, 11) is 0. The van der Waals surface area contributed by atoms with E-state index in [2.05, 4.69) is 24.3 Å². The Balaban J connectivity index is 1.51. The van der Waals surface area contributed by atoms with Crippen molar-refractivity contribution < 1.29 is 14.5 Å². The van der Waals surface area contributed by atoms with Crippen molar-refractivity contribution in [1.29, 1.82) is 0 Å². The summed E-state index contributed by atoms with van der Waals surface area (Å²) in [6.07, 6.45) is 5.08. The highest BCUT2D eigenvalue weighted by atomic mass is 17.2. The Labute approximate surface area is 103 Å². The van der Waals surface area contributed by atoms with E-state index in [4.69, 9.17) is 14.5 Å². The quantitative estimate of drug-likeness (QED) is 0.431. The van der Waals surface area contributed by atoms with Crippen LogP contribution in [-0.4, -0.2) is 19.5 Å². The third kappa shape index (κ3) is 4.86. The minimum Gasteiger partial charge on any atom is -0.350 e. The molecule has 0 aliphatic carbocycles. The van der Waals surface area contributed by atoms with Crippen LogP contribution in [0.3, 0.4) is 0 Å². The van der Waals surface area contributed by atoms with Crippen LogP contribution in [0.1, 0.15) is 31.2 Å². The van der Waals surface area contributed by atoms with Crippen LogP contribution in [0, 0.1) is 0 Å². The molecule has 1 fully saturated rings. The first-order valence-corrected chi connectivity index (χ1v) is 6.39. The minimum absolute atomic E-state index is 0.152. The molecule has 2 rings (SSSR count). The Hall–Kier alpha value is -0.900. The standard InChI is InChI=1S/C14H20O3/c1-2-7-13(8-3-1)9-6-12-16-17-14-10-4-5-11-15-14/h1-3,7-8,14H,4-6,9-12H2. The van der Waals surface area contributed by atoms with Crippen molar-refractivity contribution >= 4 is 0 Å². The number of ether oxygens (including phenoxy) is 1. The molecule has 1 saturated heterocycles. The van der Waals surface area contributed by atoms with Gasteiger partial charge in [-0.3, -0.25) is 0 Å². The van der Waals surface area contributed by atoms with E-state index < -0.39 is 0 Å². The summed E-state index contributed by atoms with van der Waals surface area (Å²) < 4.78 is 5.40. The second kappa shape index (κ2) is 7.43. The lowest BCUT2D eigenvalue weighted by molar-refractivity contribution is -0.384. The van der Waals surface area contributed by atoms with E-state index in [0.717, 1.165) is 38.7 Å². The van der Waals surface area contributed by atoms with Crippen LogP contribution in [0.2, 0.25) is 0 Å². The van der Waals surface area contributed by atoms with Gasteiger partial charge in [0.05, 0.1) is 6.61 Å². The van der Waals surface area contributed by atoms with Crippen molar-refractivity contribution in [2.24, 2.45) is 0 Å². The summed E-state index contributed by atoms with van der Waals surface area (Å²) in [5.41, 5.74) is 1.34. The third-order valence-electron chi connectivity index (χ3n) is 2.85. The van der Waals surface area contributed by atoms with Crippen molar-refractivity contribution in [2.75, 3.05) is 13.2 Å². The molecule has 0 aromatic heterocycles. The average Bonchev–Trinajstić information content (AvgIpc) is 2.41. The first-order valence-electron chi connectivity index (χ1n) is 6.39. The summed E-state index contributed by atoms with van der Waals surface area (Å²) in [5, 5.41) is 0. The van der Waals surface area contributed by atoms with Crippen molar-refractivity contribution in [3.63, 3.8) is 0 Å². The lowest BCUT2D eigenvalue weighted by Gasteiger charge is -2.21. The summed E-state index contributed by atoms with van der Waals surface area (Å²) in [5.74, 6) is 0. The van der Waals surface area contributed by atoms with Gasteiger partial charge in [-0.25, -0.2) is 9.78 Å². The normalized spacial score (nSPS) is 20.4. The molecule has 3 nitrogen and oxygen atoms in total. The van der Waals surface area contributed by atoms with Crippen molar-refractivity contribution in [2.45, 2.75) is 38.4 Å². The van der Waals surface area contributed by atoms with Gasteiger partial charge in [-0.2, -0.15) is 0 Å². The molecule has 94 valence electrons. The lowest BCUT2D eigenvalue weighted by atomic mass is 10.1. The van der Waals surface area contributed by atoms with E-state index in [0.29, 0.717) is 6.61 Å². The van der Waals surface area contributed by atoms with Crippen molar-refractivity contribution in [1.82, 2.24) is 0 Å². The molecule has 1 aromatic carbocycles. The fraction of sp³-hybridized carbons (Fsp3) is 0.571. The largest absolute Gasteiger partial charge is 0.350 e. The van der Waals surface area contributed by atoms with Gasteiger partial charge in [-0.1, -0.05) is 30.3 Å². The second-order valence-electron chi connectivity index (χ2n) is 4.30. The van der Waals surface area contributed by atoms with Gasteiger partial charge in [0.1, 0.15) is 0 Å². The van der Waals surface area contributed by atoms with Crippen LogP contribution >= 0.6 is 0 Å². The van der Waals surface area contributed by atoms with Gasteiger partial charge in [0.25, 0.3) is 0 Å². The molecule has 1 atom stereocenters. The predicted octanol–water partition coefficient (Wildman–Crippen LogP) is 3.09. The molecule has 0 N–H and O–H groups in total. The van der Waals surface area contributed by atoms with Gasteiger partial charge in [-0.15, -0.1) is 0 Å². The number of rotatable bonds is 6. The molecule has 1 aromatic rings. The third-order valence-corrected chi connectivity index (χ3v) is 2.85. The Morgan fingerprint density at radius 1 is 1.18 bits per heavy atom. The van der Waals surface area contributed by atoms with Gasteiger partial charge in [0.2, 0.25) is 0 Å². The van der Waals surface area contributed by atoms with E-state index in [1.807, 2.05) is 6.07 Å². The monoisotopic (exact) mass is 236 g/mol. The molecule has 3 heteroatoms. The maximum Gasteiger partial charge on any atom is 0.191 e. The molecule has 1 aliphatic rings. The molecule has 0 radical (unpaired) electrons. The highest BCUT2D eigenvalue weighted by Crippen LogP contribution is 2.14. The van der Waals surface area contributed by atoms with E-state index in [-0.39, 0.29) is 6.29 Å². The Morgan fingerprint density at radius 2 is 2.06 bits per heavy atom. The van der Waals surface area contributed by atoms with E-state index >= 15 is 0 Å². The van der Waals surface area contributed by atoms with Gasteiger partial charge < -0.3 is 4.74 Å². The van der Waals surface area contributed by atoms with E-state index in [1.165, 1.54) is 5.56 Å². The smallest absolute Gasteiger partial charge is 0.191 e. The van der Waals surface area contributed by atoms with Crippen molar-refractivity contribution in [3.8, 4) is 0 Å². The molecular formula is C14H20O3. The zero-order valence-corrected chi connectivity index (χ0v) is 10.1. The molecule has 0 amide bonds. The molecule has 17 heavy (non-hydrogen) atoms. The van der Waals surface area contributed by atoms with Crippen LogP contribution < -0.4 is 0 Å². The van der Waals surface area contributed by atoms with E-state index in [9.17, 15) is 0 Å². The Bertz CT molecular complexity index is 294. The SMILES string of the molecule is c1ccc(CCCOOC2CCCCO2)cc1.